The second-order valence-corrected chi connectivity index (χ2v) is 7.81. The summed E-state index contributed by atoms with van der Waals surface area (Å²) in [7, 11) is 0. The zero-order valence-corrected chi connectivity index (χ0v) is 16.2. The standard InChI is InChI=1S/C21H23N3O2S/c1-2-18(24-20(25)17-10-6-7-11-19(17)27-24)21(26)23-14-12-22(13-15-23)16-8-4-3-5-9-16/h3-11,18H,2,12-15H2,1H3. The molecule has 3 aromatic rings. The fourth-order valence-corrected chi connectivity index (χ4v) is 4.82. The number of carbonyl (C=O) groups is 1. The molecule has 1 fully saturated rings. The van der Waals surface area contributed by atoms with Gasteiger partial charge in [0.2, 0.25) is 5.91 Å². The van der Waals surface area contributed by atoms with Gasteiger partial charge in [-0.05, 0) is 30.7 Å². The van der Waals surface area contributed by atoms with Crippen molar-refractivity contribution in [2.24, 2.45) is 0 Å². The van der Waals surface area contributed by atoms with Crippen LogP contribution in [0, 0.1) is 0 Å². The number of hydrogen-bond acceptors (Lipinski definition) is 4. The molecule has 1 amide bonds. The molecule has 27 heavy (non-hydrogen) atoms. The topological polar surface area (TPSA) is 45.6 Å². The Balaban J connectivity index is 1.51. The Kier molecular flexibility index (Phi) is 4.99. The van der Waals surface area contributed by atoms with Crippen molar-refractivity contribution in [3.8, 4) is 0 Å². The van der Waals surface area contributed by atoms with E-state index in [0.717, 1.165) is 17.8 Å². The molecule has 0 spiro atoms. The Bertz CT molecular complexity index is 987. The Labute approximate surface area is 162 Å². The Hall–Kier alpha value is -2.60. The van der Waals surface area contributed by atoms with Crippen molar-refractivity contribution in [2.45, 2.75) is 19.4 Å². The van der Waals surface area contributed by atoms with Crippen molar-refractivity contribution in [1.82, 2.24) is 8.86 Å². The van der Waals surface area contributed by atoms with Crippen LogP contribution in [0.5, 0.6) is 0 Å². The van der Waals surface area contributed by atoms with Crippen molar-refractivity contribution in [3.05, 3.63) is 65.0 Å². The van der Waals surface area contributed by atoms with E-state index in [0.29, 0.717) is 24.9 Å². The van der Waals surface area contributed by atoms with Gasteiger partial charge in [-0.3, -0.25) is 13.5 Å². The third-order valence-electron chi connectivity index (χ3n) is 5.18. The highest BCUT2D eigenvalue weighted by atomic mass is 32.1. The molecule has 2 aromatic carbocycles. The van der Waals surface area contributed by atoms with Gasteiger partial charge in [0, 0.05) is 31.9 Å². The number of hydrogen-bond donors (Lipinski definition) is 0. The second kappa shape index (κ2) is 7.56. The lowest BCUT2D eigenvalue weighted by molar-refractivity contribution is -0.135. The molecule has 0 saturated carbocycles. The van der Waals surface area contributed by atoms with E-state index in [-0.39, 0.29) is 11.5 Å². The number of amides is 1. The van der Waals surface area contributed by atoms with Gasteiger partial charge >= 0.3 is 0 Å². The van der Waals surface area contributed by atoms with E-state index in [1.807, 2.05) is 54.3 Å². The molecule has 0 radical (unpaired) electrons. The van der Waals surface area contributed by atoms with Crippen molar-refractivity contribution in [3.63, 3.8) is 0 Å². The Morgan fingerprint density at radius 3 is 2.33 bits per heavy atom. The number of benzene rings is 2. The smallest absolute Gasteiger partial charge is 0.269 e. The van der Waals surface area contributed by atoms with E-state index in [9.17, 15) is 9.59 Å². The fourth-order valence-electron chi connectivity index (χ4n) is 3.67. The van der Waals surface area contributed by atoms with Crippen LogP contribution in [0.4, 0.5) is 5.69 Å². The van der Waals surface area contributed by atoms with Crippen molar-refractivity contribution < 1.29 is 4.79 Å². The van der Waals surface area contributed by atoms with Crippen LogP contribution in [-0.4, -0.2) is 40.9 Å². The summed E-state index contributed by atoms with van der Waals surface area (Å²) in [6, 6.07) is 17.4. The maximum atomic E-state index is 13.2. The average Bonchev–Trinajstić information content (AvgIpc) is 3.06. The lowest BCUT2D eigenvalue weighted by atomic mass is 10.1. The molecule has 0 bridgehead atoms. The summed E-state index contributed by atoms with van der Waals surface area (Å²) in [5, 5.41) is 0.697. The van der Waals surface area contributed by atoms with Gasteiger partial charge in [-0.2, -0.15) is 0 Å². The van der Waals surface area contributed by atoms with Crippen LogP contribution in [0.2, 0.25) is 0 Å². The highest BCUT2D eigenvalue weighted by Gasteiger charge is 2.29. The number of piperazine rings is 1. The summed E-state index contributed by atoms with van der Waals surface area (Å²) in [6.45, 7) is 4.97. The first-order chi connectivity index (χ1) is 13.2. The van der Waals surface area contributed by atoms with Crippen molar-refractivity contribution in [1.29, 1.82) is 0 Å². The molecular formula is C21H23N3O2S. The number of nitrogens with zero attached hydrogens (tertiary/aromatic N) is 3. The molecule has 1 unspecified atom stereocenters. The lowest BCUT2D eigenvalue weighted by Crippen LogP contribution is -2.51. The van der Waals surface area contributed by atoms with Crippen molar-refractivity contribution in [2.75, 3.05) is 31.1 Å². The minimum absolute atomic E-state index is 0.0545. The predicted octanol–water partition coefficient (Wildman–Crippen LogP) is 3.36. The molecular weight excluding hydrogens is 358 g/mol. The first-order valence-corrected chi connectivity index (χ1v) is 10.2. The third-order valence-corrected chi connectivity index (χ3v) is 6.35. The van der Waals surface area contributed by atoms with E-state index in [2.05, 4.69) is 17.0 Å². The molecule has 0 N–H and O–H groups in total. The Morgan fingerprint density at radius 2 is 1.67 bits per heavy atom. The number of aromatic nitrogens is 1. The predicted molar refractivity (Wildman–Crippen MR) is 111 cm³/mol. The van der Waals surface area contributed by atoms with Gasteiger partial charge in [0.05, 0.1) is 10.1 Å². The SMILES string of the molecule is CCC(C(=O)N1CCN(c2ccccc2)CC1)n1sc2ccccc2c1=O. The third kappa shape index (κ3) is 3.37. The van der Waals surface area contributed by atoms with Crippen LogP contribution >= 0.6 is 11.5 Å². The largest absolute Gasteiger partial charge is 0.368 e. The van der Waals surface area contributed by atoms with Crippen LogP contribution in [0.3, 0.4) is 0 Å². The molecule has 5 nitrogen and oxygen atoms in total. The van der Waals surface area contributed by atoms with Gasteiger partial charge in [-0.25, -0.2) is 0 Å². The molecule has 1 aliphatic heterocycles. The summed E-state index contributed by atoms with van der Waals surface area (Å²) in [5.74, 6) is 0.0545. The highest BCUT2D eigenvalue weighted by molar-refractivity contribution is 7.14. The first-order valence-electron chi connectivity index (χ1n) is 9.38. The van der Waals surface area contributed by atoms with Crippen LogP contribution in [0.15, 0.2) is 59.4 Å². The highest BCUT2D eigenvalue weighted by Crippen LogP contribution is 2.24. The summed E-state index contributed by atoms with van der Waals surface area (Å²) in [4.78, 5) is 30.1. The van der Waals surface area contributed by atoms with Crippen LogP contribution in [0.25, 0.3) is 10.1 Å². The molecule has 2 heterocycles. The van der Waals surface area contributed by atoms with Gasteiger partial charge in [0.15, 0.2) is 0 Å². The maximum absolute atomic E-state index is 13.2. The molecule has 6 heteroatoms. The van der Waals surface area contributed by atoms with E-state index in [1.54, 1.807) is 3.96 Å². The molecule has 140 valence electrons. The molecule has 4 rings (SSSR count). The van der Waals surface area contributed by atoms with Crippen LogP contribution in [0.1, 0.15) is 19.4 Å². The van der Waals surface area contributed by atoms with Gasteiger partial charge in [0.1, 0.15) is 6.04 Å². The minimum Gasteiger partial charge on any atom is -0.368 e. The fraction of sp³-hybridized carbons (Fsp3) is 0.333. The van der Waals surface area contributed by atoms with Crippen LogP contribution in [-0.2, 0) is 4.79 Å². The number of anilines is 1. The minimum atomic E-state index is -0.418. The van der Waals surface area contributed by atoms with E-state index in [1.165, 1.54) is 17.2 Å². The van der Waals surface area contributed by atoms with E-state index >= 15 is 0 Å². The molecule has 1 aliphatic rings. The zero-order valence-electron chi connectivity index (χ0n) is 15.4. The molecule has 0 aliphatic carbocycles. The molecule has 1 aromatic heterocycles. The lowest BCUT2D eigenvalue weighted by Gasteiger charge is -2.37. The van der Waals surface area contributed by atoms with Gasteiger partial charge in [0.25, 0.3) is 5.56 Å². The quantitative estimate of drug-likeness (QED) is 0.696. The molecule has 1 atom stereocenters. The Morgan fingerprint density at radius 1 is 1.00 bits per heavy atom. The zero-order chi connectivity index (χ0) is 18.8. The van der Waals surface area contributed by atoms with Gasteiger partial charge in [-0.15, -0.1) is 0 Å². The summed E-state index contributed by atoms with van der Waals surface area (Å²) in [5.41, 5.74) is 1.14. The normalized spacial score (nSPS) is 15.9. The first kappa shape index (κ1) is 17.8. The number of fused-ring (bicyclic) bond motifs is 1. The summed E-state index contributed by atoms with van der Waals surface area (Å²) in [6.07, 6.45) is 0.616. The summed E-state index contributed by atoms with van der Waals surface area (Å²) >= 11 is 1.39. The van der Waals surface area contributed by atoms with E-state index in [4.69, 9.17) is 0 Å². The van der Waals surface area contributed by atoms with Gasteiger partial charge in [-0.1, -0.05) is 48.8 Å². The van der Waals surface area contributed by atoms with E-state index < -0.39 is 6.04 Å². The average molecular weight is 382 g/mol. The summed E-state index contributed by atoms with van der Waals surface area (Å²) < 4.78 is 2.60. The number of para-hydroxylation sites is 1. The van der Waals surface area contributed by atoms with Gasteiger partial charge < -0.3 is 9.80 Å². The monoisotopic (exact) mass is 381 g/mol. The number of carbonyl (C=O) groups excluding carboxylic acids is 1. The molecule has 1 saturated heterocycles. The maximum Gasteiger partial charge on any atom is 0.269 e. The number of rotatable bonds is 4. The van der Waals surface area contributed by atoms with Crippen LogP contribution < -0.4 is 10.5 Å². The van der Waals surface area contributed by atoms with Crippen molar-refractivity contribution >= 4 is 33.2 Å². The second-order valence-electron chi connectivity index (χ2n) is 6.79.